The third kappa shape index (κ3) is 2.71. The average molecular weight is 325 g/mol. The second-order valence-corrected chi connectivity index (χ2v) is 5.76. The van der Waals surface area contributed by atoms with Crippen molar-refractivity contribution >= 4 is 34.5 Å². The quantitative estimate of drug-likeness (QED) is 0.842. The molecule has 3 N–H and O–H groups in total. The summed E-state index contributed by atoms with van der Waals surface area (Å²) in [4.78, 5) is 17.1. The Bertz CT molecular complexity index is 899. The summed E-state index contributed by atoms with van der Waals surface area (Å²) in [5.41, 5.74) is 7.66. The summed E-state index contributed by atoms with van der Waals surface area (Å²) < 4.78 is 1.64. The molecule has 2 aromatic rings. The Hall–Kier alpha value is -3.23. The molecule has 1 aliphatic heterocycles. The molecule has 0 aliphatic carbocycles. The van der Waals surface area contributed by atoms with Crippen molar-refractivity contribution in [2.45, 2.75) is 0 Å². The second-order valence-electron chi connectivity index (χ2n) is 5.76. The Balaban J connectivity index is 2.09. The van der Waals surface area contributed by atoms with Gasteiger partial charge in [0.05, 0.1) is 11.9 Å². The Morgan fingerprint density at radius 2 is 1.96 bits per heavy atom. The molecule has 0 saturated carbocycles. The lowest BCUT2D eigenvalue weighted by Gasteiger charge is -2.19. The number of likely N-dealkylation sites (N-methyl/N-ethyl adjacent to an activating group) is 1. The summed E-state index contributed by atoms with van der Waals surface area (Å²) >= 11 is 0. The van der Waals surface area contributed by atoms with Gasteiger partial charge < -0.3 is 15.5 Å². The summed E-state index contributed by atoms with van der Waals surface area (Å²) in [6.45, 7) is 0. The minimum Gasteiger partial charge on any atom is -0.396 e. The van der Waals surface area contributed by atoms with E-state index in [4.69, 9.17) is 11.1 Å². The lowest BCUT2D eigenvalue weighted by molar-refractivity contribution is 0.622. The number of amidine groups is 2. The van der Waals surface area contributed by atoms with E-state index in [1.165, 1.54) is 0 Å². The van der Waals surface area contributed by atoms with Gasteiger partial charge in [-0.15, -0.1) is 0 Å². The van der Waals surface area contributed by atoms with Crippen molar-refractivity contribution in [1.29, 1.82) is 5.41 Å². The number of hydrogen-bond donors (Lipinski definition) is 2. The SMILES string of the molecule is CN(C)C1=NC(=Nc2cnn3ccc(N(C)C)nc23)C(=N)C=C1N. The van der Waals surface area contributed by atoms with Crippen LogP contribution in [0, 0.1) is 5.41 Å². The zero-order valence-corrected chi connectivity index (χ0v) is 14.0. The highest BCUT2D eigenvalue weighted by Gasteiger charge is 2.18. The fraction of sp³-hybridized carbons (Fsp3) is 0.267. The van der Waals surface area contributed by atoms with Crippen LogP contribution in [0.25, 0.3) is 5.65 Å². The fourth-order valence-electron chi connectivity index (χ4n) is 2.24. The van der Waals surface area contributed by atoms with E-state index in [0.29, 0.717) is 22.9 Å². The molecule has 24 heavy (non-hydrogen) atoms. The van der Waals surface area contributed by atoms with Crippen molar-refractivity contribution in [3.63, 3.8) is 0 Å². The van der Waals surface area contributed by atoms with E-state index in [9.17, 15) is 0 Å². The van der Waals surface area contributed by atoms with Gasteiger partial charge in [0.1, 0.15) is 17.2 Å². The highest BCUT2D eigenvalue weighted by Crippen LogP contribution is 2.21. The van der Waals surface area contributed by atoms with E-state index in [1.54, 1.807) is 21.7 Å². The van der Waals surface area contributed by atoms with Gasteiger partial charge in [0, 0.05) is 34.4 Å². The van der Waals surface area contributed by atoms with E-state index in [0.717, 1.165) is 5.82 Å². The fourth-order valence-corrected chi connectivity index (χ4v) is 2.24. The predicted octanol–water partition coefficient (Wildman–Crippen LogP) is 0.661. The van der Waals surface area contributed by atoms with Gasteiger partial charge in [-0.2, -0.15) is 5.10 Å². The zero-order valence-electron chi connectivity index (χ0n) is 14.0. The van der Waals surface area contributed by atoms with Crippen LogP contribution in [0.1, 0.15) is 0 Å². The molecule has 0 radical (unpaired) electrons. The first-order valence-corrected chi connectivity index (χ1v) is 7.29. The highest BCUT2D eigenvalue weighted by molar-refractivity contribution is 6.49. The van der Waals surface area contributed by atoms with Crippen LogP contribution in [0.5, 0.6) is 0 Å². The van der Waals surface area contributed by atoms with Crippen molar-refractivity contribution in [1.82, 2.24) is 19.5 Å². The van der Waals surface area contributed by atoms with Crippen molar-refractivity contribution in [3.05, 3.63) is 30.2 Å². The van der Waals surface area contributed by atoms with Crippen LogP contribution >= 0.6 is 0 Å². The third-order valence-electron chi connectivity index (χ3n) is 3.45. The number of rotatable bonds is 2. The Kier molecular flexibility index (Phi) is 3.76. The smallest absolute Gasteiger partial charge is 0.183 e. The van der Waals surface area contributed by atoms with E-state index < -0.39 is 0 Å². The molecule has 9 nitrogen and oxygen atoms in total. The number of nitrogens with one attached hydrogen (secondary N) is 1. The largest absolute Gasteiger partial charge is 0.396 e. The Morgan fingerprint density at radius 3 is 2.62 bits per heavy atom. The van der Waals surface area contributed by atoms with Crippen molar-refractivity contribution < 1.29 is 0 Å². The van der Waals surface area contributed by atoms with Crippen molar-refractivity contribution in [3.8, 4) is 0 Å². The summed E-state index contributed by atoms with van der Waals surface area (Å²) in [5, 5.41) is 12.3. The molecule has 0 atom stereocenters. The van der Waals surface area contributed by atoms with E-state index >= 15 is 0 Å². The van der Waals surface area contributed by atoms with Crippen LogP contribution in [0.4, 0.5) is 11.5 Å². The van der Waals surface area contributed by atoms with Gasteiger partial charge in [-0.25, -0.2) is 19.5 Å². The van der Waals surface area contributed by atoms with Gasteiger partial charge in [0.25, 0.3) is 0 Å². The predicted molar refractivity (Wildman–Crippen MR) is 95.5 cm³/mol. The standard InChI is InChI=1S/C15H19N9/c1-22(2)12-5-6-24-15(20-12)11(8-18-24)19-13-9(16)7-10(17)14(21-13)23(3)4/h5-8,16H,17H2,1-4H3. The molecule has 3 rings (SSSR count). The van der Waals surface area contributed by atoms with E-state index in [1.807, 2.05) is 45.4 Å². The molecular weight excluding hydrogens is 306 g/mol. The highest BCUT2D eigenvalue weighted by atomic mass is 15.3. The van der Waals surface area contributed by atoms with Gasteiger partial charge >= 0.3 is 0 Å². The summed E-state index contributed by atoms with van der Waals surface area (Å²) in [5.74, 6) is 1.65. The molecule has 0 aromatic carbocycles. The monoisotopic (exact) mass is 325 g/mol. The number of aromatic nitrogens is 3. The minimum absolute atomic E-state index is 0.154. The molecular formula is C15H19N9. The summed E-state index contributed by atoms with van der Waals surface area (Å²) in [6.07, 6.45) is 4.97. The molecule has 0 amide bonds. The van der Waals surface area contributed by atoms with Crippen LogP contribution in [-0.2, 0) is 0 Å². The maximum absolute atomic E-state index is 8.06. The lowest BCUT2D eigenvalue weighted by Crippen LogP contribution is -2.33. The minimum atomic E-state index is 0.154. The Labute approximate surface area is 139 Å². The maximum atomic E-state index is 8.06. The number of fused-ring (bicyclic) bond motifs is 1. The number of hydrogen-bond acceptors (Lipinski definition) is 7. The molecule has 0 fully saturated rings. The van der Waals surface area contributed by atoms with Gasteiger partial charge in [0.15, 0.2) is 17.3 Å². The summed E-state index contributed by atoms with van der Waals surface area (Å²) in [7, 11) is 7.51. The first-order chi connectivity index (χ1) is 11.4. The first-order valence-electron chi connectivity index (χ1n) is 7.29. The van der Waals surface area contributed by atoms with Gasteiger partial charge in [-0.1, -0.05) is 0 Å². The molecule has 0 saturated heterocycles. The van der Waals surface area contributed by atoms with Crippen LogP contribution in [0.3, 0.4) is 0 Å². The normalized spacial score (nSPS) is 16.3. The number of nitrogens with zero attached hydrogens (tertiary/aromatic N) is 7. The van der Waals surface area contributed by atoms with E-state index in [2.05, 4.69) is 20.1 Å². The van der Waals surface area contributed by atoms with Crippen molar-refractivity contribution in [2.75, 3.05) is 33.1 Å². The third-order valence-corrected chi connectivity index (χ3v) is 3.45. The topological polar surface area (TPSA) is 111 Å². The first kappa shape index (κ1) is 15.7. The molecule has 2 aromatic heterocycles. The lowest BCUT2D eigenvalue weighted by atomic mass is 10.2. The number of nitrogens with two attached hydrogens (primary N) is 1. The molecule has 3 heterocycles. The maximum Gasteiger partial charge on any atom is 0.183 e. The number of aliphatic imine (C=N–C) groups is 2. The zero-order chi connectivity index (χ0) is 17.4. The second kappa shape index (κ2) is 5.76. The molecule has 124 valence electrons. The molecule has 0 unspecified atom stereocenters. The van der Waals surface area contributed by atoms with Gasteiger partial charge in [-0.3, -0.25) is 5.41 Å². The van der Waals surface area contributed by atoms with Crippen LogP contribution in [0.2, 0.25) is 0 Å². The number of anilines is 1. The molecule has 9 heteroatoms. The number of dihydropyridines is 1. The average Bonchev–Trinajstić information content (AvgIpc) is 2.91. The van der Waals surface area contributed by atoms with Gasteiger partial charge in [-0.05, 0) is 12.1 Å². The van der Waals surface area contributed by atoms with Gasteiger partial charge in [0.2, 0.25) is 0 Å². The Morgan fingerprint density at radius 1 is 1.21 bits per heavy atom. The van der Waals surface area contributed by atoms with Crippen LogP contribution in [0.15, 0.2) is 40.2 Å². The van der Waals surface area contributed by atoms with Crippen LogP contribution in [-0.4, -0.2) is 65.1 Å². The molecule has 0 spiro atoms. The molecule has 0 bridgehead atoms. The van der Waals surface area contributed by atoms with E-state index in [-0.39, 0.29) is 11.5 Å². The van der Waals surface area contributed by atoms with Crippen molar-refractivity contribution in [2.24, 2.45) is 15.7 Å². The van der Waals surface area contributed by atoms with Crippen LogP contribution < -0.4 is 10.6 Å². The summed E-state index contributed by atoms with van der Waals surface area (Å²) in [6, 6.07) is 1.87. The molecule has 1 aliphatic rings.